The first-order chi connectivity index (χ1) is 17.0. The van der Waals surface area contributed by atoms with Gasteiger partial charge in [0, 0.05) is 45.8 Å². The number of fused-ring (bicyclic) bond motifs is 2. The summed E-state index contributed by atoms with van der Waals surface area (Å²) >= 11 is 12.4. The molecule has 35 heavy (non-hydrogen) atoms. The summed E-state index contributed by atoms with van der Waals surface area (Å²) in [5.41, 5.74) is 3.49. The van der Waals surface area contributed by atoms with E-state index in [2.05, 4.69) is 5.32 Å². The zero-order chi connectivity index (χ0) is 24.4. The van der Waals surface area contributed by atoms with E-state index in [4.69, 9.17) is 32.7 Å². The molecule has 1 aliphatic heterocycles. The normalized spacial score (nSPS) is 12.5. The Morgan fingerprint density at radius 1 is 1.09 bits per heavy atom. The Morgan fingerprint density at radius 2 is 1.91 bits per heavy atom. The molecule has 0 spiro atoms. The summed E-state index contributed by atoms with van der Waals surface area (Å²) in [5.74, 6) is 0.859. The molecule has 6 nitrogen and oxygen atoms in total. The van der Waals surface area contributed by atoms with E-state index in [0.29, 0.717) is 28.1 Å². The van der Waals surface area contributed by atoms with E-state index in [-0.39, 0.29) is 18.9 Å². The minimum atomic E-state index is -0.456. The second-order valence-corrected chi connectivity index (χ2v) is 8.85. The van der Waals surface area contributed by atoms with Crippen molar-refractivity contribution in [3.05, 3.63) is 99.2 Å². The first-order valence-corrected chi connectivity index (χ1v) is 11.6. The minimum Gasteiger partial charge on any atom is -0.454 e. The lowest BCUT2D eigenvalue weighted by molar-refractivity contribution is -0.117. The van der Waals surface area contributed by atoms with Crippen molar-refractivity contribution in [3.8, 4) is 17.6 Å². The SMILES string of the molecule is N#C/C(=C\c1cn(Cc2ccc(Cl)cc2Cl)c2ccccc12)C(=O)NCc1ccc2c(c1)OCO2. The van der Waals surface area contributed by atoms with Crippen LogP contribution in [-0.2, 0) is 17.9 Å². The van der Waals surface area contributed by atoms with Gasteiger partial charge in [0.1, 0.15) is 11.6 Å². The van der Waals surface area contributed by atoms with Gasteiger partial charge in [0.05, 0.1) is 0 Å². The monoisotopic (exact) mass is 503 g/mol. The van der Waals surface area contributed by atoms with Crippen LogP contribution in [0.3, 0.4) is 0 Å². The maximum Gasteiger partial charge on any atom is 0.262 e. The van der Waals surface area contributed by atoms with Crippen molar-refractivity contribution in [2.75, 3.05) is 6.79 Å². The Morgan fingerprint density at radius 3 is 2.74 bits per heavy atom. The lowest BCUT2D eigenvalue weighted by Gasteiger charge is -2.08. The number of hydrogen-bond donors (Lipinski definition) is 1. The van der Waals surface area contributed by atoms with Crippen molar-refractivity contribution in [2.45, 2.75) is 13.1 Å². The Labute approximate surface area is 211 Å². The molecule has 0 aliphatic carbocycles. The lowest BCUT2D eigenvalue weighted by atomic mass is 10.1. The zero-order valence-electron chi connectivity index (χ0n) is 18.4. The number of nitrogens with one attached hydrogen (secondary N) is 1. The average molecular weight is 504 g/mol. The molecule has 0 saturated heterocycles. The highest BCUT2D eigenvalue weighted by Gasteiger charge is 2.16. The molecule has 1 aromatic heterocycles. The fourth-order valence-corrected chi connectivity index (χ4v) is 4.46. The van der Waals surface area contributed by atoms with Gasteiger partial charge < -0.3 is 19.4 Å². The highest BCUT2D eigenvalue weighted by molar-refractivity contribution is 6.35. The maximum atomic E-state index is 12.8. The van der Waals surface area contributed by atoms with Gasteiger partial charge in [-0.1, -0.05) is 53.5 Å². The van der Waals surface area contributed by atoms with Crippen LogP contribution < -0.4 is 14.8 Å². The number of aromatic nitrogens is 1. The van der Waals surface area contributed by atoms with Gasteiger partial charge in [0.15, 0.2) is 11.5 Å². The summed E-state index contributed by atoms with van der Waals surface area (Å²) in [4.78, 5) is 12.8. The van der Waals surface area contributed by atoms with E-state index in [1.54, 1.807) is 24.3 Å². The Bertz CT molecular complexity index is 1520. The van der Waals surface area contributed by atoms with Gasteiger partial charge in [-0.15, -0.1) is 0 Å². The van der Waals surface area contributed by atoms with Gasteiger partial charge in [-0.3, -0.25) is 4.79 Å². The fourth-order valence-electron chi connectivity index (χ4n) is 3.99. The predicted octanol–water partition coefficient (Wildman–Crippen LogP) is 5.95. The van der Waals surface area contributed by atoms with E-state index in [1.807, 2.05) is 59.3 Å². The Kier molecular flexibility index (Phi) is 6.37. The molecule has 1 N–H and O–H groups in total. The molecule has 0 atom stereocenters. The van der Waals surface area contributed by atoms with Crippen molar-refractivity contribution in [3.63, 3.8) is 0 Å². The predicted molar refractivity (Wildman–Crippen MR) is 136 cm³/mol. The molecule has 174 valence electrons. The molecular formula is C27H19Cl2N3O3. The largest absolute Gasteiger partial charge is 0.454 e. The van der Waals surface area contributed by atoms with Crippen LogP contribution in [0.1, 0.15) is 16.7 Å². The number of halogens is 2. The van der Waals surface area contributed by atoms with Crippen molar-refractivity contribution in [1.82, 2.24) is 9.88 Å². The van der Waals surface area contributed by atoms with Gasteiger partial charge in [-0.2, -0.15) is 5.26 Å². The second-order valence-electron chi connectivity index (χ2n) is 8.01. The van der Waals surface area contributed by atoms with Crippen molar-refractivity contribution in [1.29, 1.82) is 5.26 Å². The van der Waals surface area contributed by atoms with Crippen LogP contribution in [0, 0.1) is 11.3 Å². The van der Waals surface area contributed by atoms with Crippen molar-refractivity contribution in [2.24, 2.45) is 0 Å². The van der Waals surface area contributed by atoms with Gasteiger partial charge >= 0.3 is 0 Å². The molecule has 8 heteroatoms. The van der Waals surface area contributed by atoms with Crippen LogP contribution in [0.15, 0.2) is 72.4 Å². The quantitative estimate of drug-likeness (QED) is 0.260. The third kappa shape index (κ3) is 4.83. The number of para-hydroxylation sites is 1. The number of carbonyl (C=O) groups is 1. The summed E-state index contributed by atoms with van der Waals surface area (Å²) < 4.78 is 12.7. The summed E-state index contributed by atoms with van der Waals surface area (Å²) in [7, 11) is 0. The van der Waals surface area contributed by atoms with Crippen molar-refractivity contribution >= 4 is 46.1 Å². The molecule has 0 unspecified atom stereocenters. The molecular weight excluding hydrogens is 485 g/mol. The third-order valence-electron chi connectivity index (χ3n) is 5.73. The molecule has 0 radical (unpaired) electrons. The van der Waals surface area contributed by atoms with E-state index in [0.717, 1.165) is 27.6 Å². The van der Waals surface area contributed by atoms with E-state index in [9.17, 15) is 10.1 Å². The van der Waals surface area contributed by atoms with Gasteiger partial charge in [0.25, 0.3) is 5.91 Å². The smallest absolute Gasteiger partial charge is 0.262 e. The molecule has 0 bridgehead atoms. The fraction of sp³-hybridized carbons (Fsp3) is 0.111. The van der Waals surface area contributed by atoms with Gasteiger partial charge in [-0.25, -0.2) is 0 Å². The zero-order valence-corrected chi connectivity index (χ0v) is 19.9. The van der Waals surface area contributed by atoms with Crippen LogP contribution in [-0.4, -0.2) is 17.3 Å². The molecule has 0 saturated carbocycles. The van der Waals surface area contributed by atoms with Gasteiger partial charge in [0.2, 0.25) is 6.79 Å². The maximum absolute atomic E-state index is 12.8. The number of rotatable bonds is 6. The number of amides is 1. The first kappa shape index (κ1) is 22.9. The third-order valence-corrected chi connectivity index (χ3v) is 6.32. The number of ether oxygens (including phenoxy) is 2. The molecule has 2 heterocycles. The van der Waals surface area contributed by atoms with Crippen LogP contribution in [0.2, 0.25) is 10.0 Å². The van der Waals surface area contributed by atoms with Crippen LogP contribution in [0.5, 0.6) is 11.5 Å². The molecule has 0 fully saturated rings. The molecule has 3 aromatic carbocycles. The summed E-state index contributed by atoms with van der Waals surface area (Å²) in [6, 6.07) is 20.7. The van der Waals surface area contributed by atoms with E-state index < -0.39 is 5.91 Å². The standard InChI is InChI=1S/C27H19Cl2N3O3/c28-21-7-6-18(23(29)11-21)14-32-15-20(22-3-1-2-4-24(22)32)10-19(12-30)27(33)31-13-17-5-8-25-26(9-17)35-16-34-25/h1-11,15H,13-14,16H2,(H,31,33)/b19-10+. The lowest BCUT2D eigenvalue weighted by Crippen LogP contribution is -2.23. The number of nitrogens with zero attached hydrogens (tertiary/aromatic N) is 2. The summed E-state index contributed by atoms with van der Waals surface area (Å²) in [6.45, 7) is 0.957. The van der Waals surface area contributed by atoms with Crippen LogP contribution in [0.25, 0.3) is 17.0 Å². The Hall–Kier alpha value is -3.92. The molecule has 1 aliphatic rings. The number of benzene rings is 3. The number of nitriles is 1. The van der Waals surface area contributed by atoms with Crippen LogP contribution >= 0.6 is 23.2 Å². The molecule has 5 rings (SSSR count). The summed E-state index contributed by atoms with van der Waals surface area (Å²) in [5, 5.41) is 14.6. The van der Waals surface area contributed by atoms with Crippen molar-refractivity contribution < 1.29 is 14.3 Å². The van der Waals surface area contributed by atoms with E-state index >= 15 is 0 Å². The van der Waals surface area contributed by atoms with E-state index in [1.165, 1.54) is 0 Å². The first-order valence-electron chi connectivity index (χ1n) is 10.8. The van der Waals surface area contributed by atoms with Gasteiger partial charge in [-0.05, 0) is 47.5 Å². The molecule has 1 amide bonds. The second kappa shape index (κ2) is 9.75. The van der Waals surface area contributed by atoms with Crippen LogP contribution in [0.4, 0.5) is 0 Å². The summed E-state index contributed by atoms with van der Waals surface area (Å²) in [6.07, 6.45) is 3.52. The minimum absolute atomic E-state index is 0.0122. The molecule has 4 aromatic rings. The average Bonchev–Trinajstić information content (AvgIpc) is 3.47. The highest BCUT2D eigenvalue weighted by Crippen LogP contribution is 2.32. The number of hydrogen-bond acceptors (Lipinski definition) is 4. The Balaban J connectivity index is 1.39. The number of carbonyl (C=O) groups excluding carboxylic acids is 1. The topological polar surface area (TPSA) is 76.3 Å². The highest BCUT2D eigenvalue weighted by atomic mass is 35.5.